The predicted octanol–water partition coefficient (Wildman–Crippen LogP) is 1.66. The van der Waals surface area contributed by atoms with E-state index < -0.39 is 5.60 Å². The van der Waals surface area contributed by atoms with Gasteiger partial charge in [-0.25, -0.2) is 0 Å². The van der Waals surface area contributed by atoms with E-state index in [1.807, 2.05) is 18.2 Å². The normalized spacial score (nSPS) is 36.8. The molecule has 3 heterocycles. The highest BCUT2D eigenvalue weighted by atomic mass is 16.3. The molecule has 1 aromatic rings. The number of hydrogen-bond acceptors (Lipinski definition) is 3. The van der Waals surface area contributed by atoms with Crippen LogP contribution in [-0.4, -0.2) is 27.8 Å². The van der Waals surface area contributed by atoms with Gasteiger partial charge in [-0.05, 0) is 37.8 Å². The van der Waals surface area contributed by atoms with Crippen molar-refractivity contribution >= 4 is 0 Å². The number of hydrogen-bond donors (Lipinski definition) is 2. The van der Waals surface area contributed by atoms with E-state index in [2.05, 4.69) is 10.3 Å². The highest BCUT2D eigenvalue weighted by molar-refractivity contribution is 5.10. The zero-order chi connectivity index (χ0) is 11.7. The van der Waals surface area contributed by atoms with Crippen LogP contribution >= 0.6 is 0 Å². The number of aromatic nitrogens is 1. The zero-order valence-electron chi connectivity index (χ0n) is 10.1. The molecule has 17 heavy (non-hydrogen) atoms. The molecule has 2 N–H and O–H groups in total. The number of pyridine rings is 1. The Labute approximate surface area is 102 Å². The van der Waals surface area contributed by atoms with Crippen LogP contribution in [0.25, 0.3) is 0 Å². The van der Waals surface area contributed by atoms with Crippen LogP contribution in [0.4, 0.5) is 0 Å². The largest absolute Gasteiger partial charge is 0.389 e. The van der Waals surface area contributed by atoms with Gasteiger partial charge < -0.3 is 10.4 Å². The van der Waals surface area contributed by atoms with Gasteiger partial charge in [0.2, 0.25) is 0 Å². The minimum absolute atomic E-state index is 0.510. The number of nitrogens with one attached hydrogen (secondary N) is 1. The minimum Gasteiger partial charge on any atom is -0.389 e. The lowest BCUT2D eigenvalue weighted by Gasteiger charge is -2.45. The molecule has 0 spiro atoms. The molecule has 2 aliphatic rings. The summed E-state index contributed by atoms with van der Waals surface area (Å²) in [5.74, 6) is 0. The van der Waals surface area contributed by atoms with Crippen LogP contribution in [0.15, 0.2) is 24.4 Å². The highest BCUT2D eigenvalue weighted by Gasteiger charge is 2.40. The Morgan fingerprint density at radius 3 is 2.71 bits per heavy atom. The second kappa shape index (κ2) is 4.39. The number of fused-ring (bicyclic) bond motifs is 2. The first-order valence-electron chi connectivity index (χ1n) is 6.62. The van der Waals surface area contributed by atoms with Gasteiger partial charge in [-0.1, -0.05) is 12.5 Å². The second-order valence-corrected chi connectivity index (χ2v) is 5.62. The fraction of sp³-hybridized carbons (Fsp3) is 0.643. The van der Waals surface area contributed by atoms with E-state index in [0.29, 0.717) is 18.5 Å². The fourth-order valence-electron chi connectivity index (χ4n) is 3.42. The van der Waals surface area contributed by atoms with Gasteiger partial charge in [-0.2, -0.15) is 0 Å². The molecule has 0 aliphatic carbocycles. The Morgan fingerprint density at radius 2 is 2.06 bits per heavy atom. The topological polar surface area (TPSA) is 45.2 Å². The first kappa shape index (κ1) is 11.2. The van der Waals surface area contributed by atoms with Gasteiger partial charge in [0, 0.05) is 30.4 Å². The molecule has 0 radical (unpaired) electrons. The fourth-order valence-corrected chi connectivity index (χ4v) is 3.42. The predicted molar refractivity (Wildman–Crippen MR) is 66.7 cm³/mol. The first-order chi connectivity index (χ1) is 8.23. The van der Waals surface area contributed by atoms with Crippen LogP contribution in [0.5, 0.6) is 0 Å². The molecule has 2 aliphatic heterocycles. The number of nitrogens with zero attached hydrogens (tertiary/aromatic N) is 1. The average Bonchev–Trinajstić information content (AvgIpc) is 2.28. The molecule has 3 rings (SSSR count). The van der Waals surface area contributed by atoms with Gasteiger partial charge in [-0.15, -0.1) is 0 Å². The van der Waals surface area contributed by atoms with E-state index in [4.69, 9.17) is 0 Å². The summed E-state index contributed by atoms with van der Waals surface area (Å²) in [5, 5.41) is 14.4. The zero-order valence-corrected chi connectivity index (χ0v) is 10.1. The van der Waals surface area contributed by atoms with Crippen LogP contribution in [0.1, 0.15) is 37.8 Å². The Balaban J connectivity index is 1.73. The lowest BCUT2D eigenvalue weighted by Crippen LogP contribution is -2.56. The Hall–Kier alpha value is -0.930. The maximum Gasteiger partial charge on any atom is 0.0732 e. The highest BCUT2D eigenvalue weighted by Crippen LogP contribution is 2.34. The molecule has 2 atom stereocenters. The Morgan fingerprint density at radius 1 is 1.29 bits per heavy atom. The van der Waals surface area contributed by atoms with Gasteiger partial charge in [0.05, 0.1) is 5.60 Å². The monoisotopic (exact) mass is 232 g/mol. The van der Waals surface area contributed by atoms with Gasteiger partial charge >= 0.3 is 0 Å². The van der Waals surface area contributed by atoms with Crippen molar-refractivity contribution in [2.75, 3.05) is 0 Å². The van der Waals surface area contributed by atoms with E-state index in [0.717, 1.165) is 18.5 Å². The van der Waals surface area contributed by atoms with E-state index >= 15 is 0 Å². The average molecular weight is 232 g/mol. The molecule has 0 saturated carbocycles. The van der Waals surface area contributed by atoms with Gasteiger partial charge in [0.15, 0.2) is 0 Å². The third-order valence-corrected chi connectivity index (χ3v) is 4.07. The smallest absolute Gasteiger partial charge is 0.0732 e. The molecule has 0 aromatic carbocycles. The van der Waals surface area contributed by atoms with E-state index in [9.17, 15) is 5.11 Å². The van der Waals surface area contributed by atoms with Crippen molar-refractivity contribution in [2.45, 2.75) is 56.2 Å². The van der Waals surface area contributed by atoms with Crippen molar-refractivity contribution in [3.05, 3.63) is 30.1 Å². The van der Waals surface area contributed by atoms with E-state index in [-0.39, 0.29) is 0 Å². The quantitative estimate of drug-likeness (QED) is 0.815. The summed E-state index contributed by atoms with van der Waals surface area (Å²) in [4.78, 5) is 4.33. The molecule has 2 saturated heterocycles. The van der Waals surface area contributed by atoms with E-state index in [1.165, 1.54) is 19.3 Å². The summed E-state index contributed by atoms with van der Waals surface area (Å²) in [6.07, 6.45) is 7.98. The maximum atomic E-state index is 10.8. The Bertz CT molecular complexity index is 367. The van der Waals surface area contributed by atoms with Crippen molar-refractivity contribution in [3.8, 4) is 0 Å². The second-order valence-electron chi connectivity index (χ2n) is 5.62. The van der Waals surface area contributed by atoms with Crippen molar-refractivity contribution in [3.63, 3.8) is 0 Å². The Kier molecular flexibility index (Phi) is 2.89. The molecular weight excluding hydrogens is 212 g/mol. The summed E-state index contributed by atoms with van der Waals surface area (Å²) in [5.41, 5.74) is 0.463. The van der Waals surface area contributed by atoms with Gasteiger partial charge in [-0.3, -0.25) is 4.98 Å². The third kappa shape index (κ3) is 2.50. The van der Waals surface area contributed by atoms with Crippen LogP contribution in [0.2, 0.25) is 0 Å². The van der Waals surface area contributed by atoms with Gasteiger partial charge in [0.1, 0.15) is 0 Å². The number of aliphatic hydroxyl groups is 1. The molecule has 92 valence electrons. The lowest BCUT2D eigenvalue weighted by molar-refractivity contribution is -0.0309. The molecule has 2 bridgehead atoms. The van der Waals surface area contributed by atoms with Gasteiger partial charge in [0.25, 0.3) is 0 Å². The van der Waals surface area contributed by atoms with Crippen LogP contribution in [0.3, 0.4) is 0 Å². The third-order valence-electron chi connectivity index (χ3n) is 4.07. The van der Waals surface area contributed by atoms with Crippen LogP contribution in [-0.2, 0) is 6.42 Å². The summed E-state index contributed by atoms with van der Waals surface area (Å²) in [6, 6.07) is 6.95. The summed E-state index contributed by atoms with van der Waals surface area (Å²) >= 11 is 0. The standard InChI is InChI=1S/C14H20N2O/c17-14(8-11-4-1-2-7-15-11)9-12-5-3-6-13(10-14)16-12/h1-2,4,7,12-13,16-17H,3,5-6,8-10H2. The molecule has 0 amide bonds. The van der Waals surface area contributed by atoms with Crippen LogP contribution in [0, 0.1) is 0 Å². The maximum absolute atomic E-state index is 10.8. The molecule has 2 fully saturated rings. The molecule has 2 unspecified atom stereocenters. The summed E-state index contributed by atoms with van der Waals surface area (Å²) < 4.78 is 0. The van der Waals surface area contributed by atoms with Crippen molar-refractivity contribution in [1.82, 2.24) is 10.3 Å². The van der Waals surface area contributed by atoms with Crippen molar-refractivity contribution < 1.29 is 5.11 Å². The summed E-state index contributed by atoms with van der Waals surface area (Å²) in [7, 11) is 0. The number of piperidine rings is 2. The van der Waals surface area contributed by atoms with Crippen LogP contribution < -0.4 is 5.32 Å². The number of rotatable bonds is 2. The minimum atomic E-state index is -0.546. The SMILES string of the molecule is OC1(Cc2ccccn2)CC2CCCC(C1)N2. The summed E-state index contributed by atoms with van der Waals surface area (Å²) in [6.45, 7) is 0. The van der Waals surface area contributed by atoms with Crippen molar-refractivity contribution in [2.24, 2.45) is 0 Å². The molecular formula is C14H20N2O. The lowest BCUT2D eigenvalue weighted by atomic mass is 9.75. The molecule has 3 nitrogen and oxygen atoms in total. The molecule has 1 aromatic heterocycles. The molecule has 3 heteroatoms. The van der Waals surface area contributed by atoms with Crippen molar-refractivity contribution in [1.29, 1.82) is 0 Å². The first-order valence-corrected chi connectivity index (χ1v) is 6.62. The van der Waals surface area contributed by atoms with E-state index in [1.54, 1.807) is 6.20 Å².